The molecule has 0 aliphatic carbocycles. The molecule has 6 heteroatoms. The quantitative estimate of drug-likeness (QED) is 0.712. The predicted molar refractivity (Wildman–Crippen MR) is 83.6 cm³/mol. The average molecular weight is 378 g/mol. The third-order valence-corrected chi connectivity index (χ3v) is 4.85. The van der Waals surface area contributed by atoms with Gasteiger partial charge in [0.15, 0.2) is 0 Å². The molecule has 2 rings (SSSR count). The number of thiophene rings is 1. The van der Waals surface area contributed by atoms with E-state index in [0.717, 1.165) is 29.1 Å². The number of nitrogens with one attached hydrogen (secondary N) is 1. The van der Waals surface area contributed by atoms with Crippen molar-refractivity contribution in [3.63, 3.8) is 0 Å². The van der Waals surface area contributed by atoms with Crippen LogP contribution in [0.3, 0.4) is 0 Å². The first-order chi connectivity index (χ1) is 9.93. The van der Waals surface area contributed by atoms with E-state index in [1.165, 1.54) is 23.5 Å². The van der Waals surface area contributed by atoms with Gasteiger partial charge in [-0.2, -0.15) is 24.5 Å². The molecule has 0 bridgehead atoms. The molecule has 114 valence electrons. The third-order valence-electron chi connectivity index (χ3n) is 3.10. The maximum absolute atomic E-state index is 12.9. The van der Waals surface area contributed by atoms with Crippen LogP contribution in [-0.4, -0.2) is 6.54 Å². The summed E-state index contributed by atoms with van der Waals surface area (Å²) in [4.78, 5) is 0. The minimum Gasteiger partial charge on any atom is -0.306 e. The first kappa shape index (κ1) is 16.5. The molecule has 1 aromatic heterocycles. The van der Waals surface area contributed by atoms with Gasteiger partial charge in [-0.1, -0.05) is 19.1 Å². The zero-order valence-corrected chi connectivity index (χ0v) is 13.8. The van der Waals surface area contributed by atoms with E-state index in [2.05, 4.69) is 21.2 Å². The predicted octanol–water partition coefficient (Wildman–Crippen LogP) is 5.62. The Labute approximate surface area is 134 Å². The number of halogens is 4. The van der Waals surface area contributed by atoms with E-state index in [1.807, 2.05) is 17.7 Å². The summed E-state index contributed by atoms with van der Waals surface area (Å²) in [7, 11) is 0. The highest BCUT2D eigenvalue weighted by atomic mass is 79.9. The van der Waals surface area contributed by atoms with Crippen molar-refractivity contribution in [2.45, 2.75) is 25.6 Å². The van der Waals surface area contributed by atoms with Gasteiger partial charge in [-0.25, -0.2) is 0 Å². The largest absolute Gasteiger partial charge is 0.416 e. The van der Waals surface area contributed by atoms with Gasteiger partial charge in [-0.3, -0.25) is 0 Å². The second kappa shape index (κ2) is 6.94. The minimum absolute atomic E-state index is 0.243. The lowest BCUT2D eigenvalue weighted by molar-refractivity contribution is -0.137. The number of rotatable bonds is 5. The van der Waals surface area contributed by atoms with Gasteiger partial charge >= 0.3 is 6.18 Å². The standard InChI is InChI=1S/C15H15BrF3NS/c1-2-6-20-14(12-8-21-9-13(12)16)10-4-3-5-11(7-10)15(17,18)19/h3-5,7-9,14,20H,2,6H2,1H3. The summed E-state index contributed by atoms with van der Waals surface area (Å²) < 4.78 is 39.5. The zero-order chi connectivity index (χ0) is 15.5. The molecule has 0 fully saturated rings. The molecular formula is C15H15BrF3NS. The van der Waals surface area contributed by atoms with E-state index >= 15 is 0 Å². The summed E-state index contributed by atoms with van der Waals surface area (Å²) in [5.74, 6) is 0. The normalized spacial score (nSPS) is 13.4. The SMILES string of the molecule is CCCNC(c1cccc(C(F)(F)F)c1)c1cscc1Br. The Balaban J connectivity index is 2.40. The van der Waals surface area contributed by atoms with Gasteiger partial charge in [0, 0.05) is 9.85 Å². The molecule has 1 unspecified atom stereocenters. The van der Waals surface area contributed by atoms with E-state index in [9.17, 15) is 13.2 Å². The first-order valence-corrected chi connectivity index (χ1v) is 8.29. The number of alkyl halides is 3. The molecule has 0 amide bonds. The van der Waals surface area contributed by atoms with Crippen LogP contribution in [0.4, 0.5) is 13.2 Å². The Morgan fingerprint density at radius 1 is 1.29 bits per heavy atom. The minimum atomic E-state index is -4.32. The van der Waals surface area contributed by atoms with Crippen molar-refractivity contribution in [1.82, 2.24) is 5.32 Å². The fraction of sp³-hybridized carbons (Fsp3) is 0.333. The molecule has 0 aliphatic rings. The molecule has 1 N–H and O–H groups in total. The molecule has 0 saturated heterocycles. The maximum Gasteiger partial charge on any atom is 0.416 e. The molecular weight excluding hydrogens is 363 g/mol. The van der Waals surface area contributed by atoms with E-state index in [4.69, 9.17) is 0 Å². The van der Waals surface area contributed by atoms with Crippen LogP contribution in [0, 0.1) is 0 Å². The van der Waals surface area contributed by atoms with Gasteiger partial charge in [0.25, 0.3) is 0 Å². The van der Waals surface area contributed by atoms with Crippen molar-refractivity contribution in [2.75, 3.05) is 6.54 Å². The fourth-order valence-corrected chi connectivity index (χ4v) is 3.64. The zero-order valence-electron chi connectivity index (χ0n) is 11.4. The van der Waals surface area contributed by atoms with Gasteiger partial charge in [0.2, 0.25) is 0 Å². The van der Waals surface area contributed by atoms with E-state index in [1.54, 1.807) is 6.07 Å². The summed E-state index contributed by atoms with van der Waals surface area (Å²) in [5, 5.41) is 7.21. The molecule has 0 saturated carbocycles. The molecule has 0 spiro atoms. The monoisotopic (exact) mass is 377 g/mol. The highest BCUT2D eigenvalue weighted by Crippen LogP contribution is 2.35. The van der Waals surface area contributed by atoms with E-state index in [-0.39, 0.29) is 6.04 Å². The topological polar surface area (TPSA) is 12.0 Å². The molecule has 1 nitrogen and oxygen atoms in total. The van der Waals surface area contributed by atoms with E-state index in [0.29, 0.717) is 5.56 Å². The Hall–Kier alpha value is -0.850. The van der Waals surface area contributed by atoms with E-state index < -0.39 is 11.7 Å². The fourth-order valence-electron chi connectivity index (χ4n) is 2.09. The van der Waals surface area contributed by atoms with Crippen molar-refractivity contribution in [3.8, 4) is 0 Å². The van der Waals surface area contributed by atoms with Gasteiger partial charge in [0.1, 0.15) is 0 Å². The maximum atomic E-state index is 12.9. The summed E-state index contributed by atoms with van der Waals surface area (Å²) in [6, 6.07) is 5.26. The lowest BCUT2D eigenvalue weighted by Crippen LogP contribution is -2.23. The smallest absolute Gasteiger partial charge is 0.306 e. The Bertz CT molecular complexity index is 595. The molecule has 0 radical (unpaired) electrons. The highest BCUT2D eigenvalue weighted by molar-refractivity contribution is 9.10. The van der Waals surface area contributed by atoms with Crippen molar-refractivity contribution < 1.29 is 13.2 Å². The first-order valence-electron chi connectivity index (χ1n) is 6.55. The van der Waals surface area contributed by atoms with Crippen molar-refractivity contribution in [1.29, 1.82) is 0 Å². The number of hydrogen-bond donors (Lipinski definition) is 1. The molecule has 1 atom stereocenters. The highest BCUT2D eigenvalue weighted by Gasteiger charge is 2.31. The van der Waals surface area contributed by atoms with Crippen LogP contribution in [0.15, 0.2) is 39.5 Å². The van der Waals surface area contributed by atoms with Gasteiger partial charge in [-0.15, -0.1) is 0 Å². The van der Waals surface area contributed by atoms with Crippen LogP contribution in [0.1, 0.15) is 36.1 Å². The molecule has 1 heterocycles. The lowest BCUT2D eigenvalue weighted by atomic mass is 9.99. The second-order valence-corrected chi connectivity index (χ2v) is 6.28. The van der Waals surface area contributed by atoms with Gasteiger partial charge < -0.3 is 5.32 Å². The second-order valence-electron chi connectivity index (χ2n) is 4.69. The van der Waals surface area contributed by atoms with Crippen molar-refractivity contribution in [3.05, 3.63) is 56.2 Å². The molecule has 0 aliphatic heterocycles. The number of hydrogen-bond acceptors (Lipinski definition) is 2. The van der Waals surface area contributed by atoms with Crippen LogP contribution >= 0.6 is 27.3 Å². The Morgan fingerprint density at radius 3 is 2.62 bits per heavy atom. The van der Waals surface area contributed by atoms with Crippen LogP contribution in [-0.2, 0) is 6.18 Å². The summed E-state index contributed by atoms with van der Waals surface area (Å²) in [6.07, 6.45) is -3.41. The summed E-state index contributed by atoms with van der Waals surface area (Å²) in [6.45, 7) is 2.77. The summed E-state index contributed by atoms with van der Waals surface area (Å²) >= 11 is 4.99. The van der Waals surface area contributed by atoms with Crippen LogP contribution in [0.5, 0.6) is 0 Å². The van der Waals surface area contributed by atoms with Gasteiger partial charge in [-0.05, 0) is 57.5 Å². The Kier molecular flexibility index (Phi) is 5.46. The third kappa shape index (κ3) is 4.08. The molecule has 2 aromatic rings. The summed E-state index contributed by atoms with van der Waals surface area (Å²) in [5.41, 5.74) is 0.972. The van der Waals surface area contributed by atoms with Crippen LogP contribution < -0.4 is 5.32 Å². The average Bonchev–Trinajstić information content (AvgIpc) is 2.85. The van der Waals surface area contributed by atoms with Crippen molar-refractivity contribution >= 4 is 27.3 Å². The lowest BCUT2D eigenvalue weighted by Gasteiger charge is -2.20. The molecule has 21 heavy (non-hydrogen) atoms. The van der Waals surface area contributed by atoms with Crippen molar-refractivity contribution in [2.24, 2.45) is 0 Å². The molecule has 1 aromatic carbocycles. The van der Waals surface area contributed by atoms with Crippen LogP contribution in [0.2, 0.25) is 0 Å². The number of benzene rings is 1. The van der Waals surface area contributed by atoms with Gasteiger partial charge in [0.05, 0.1) is 11.6 Å². The van der Waals surface area contributed by atoms with Crippen LogP contribution in [0.25, 0.3) is 0 Å². The Morgan fingerprint density at radius 2 is 2.05 bits per heavy atom.